The number of fused-ring (bicyclic) bond motifs is 1. The highest BCUT2D eigenvalue weighted by atomic mass is 16.5. The van der Waals surface area contributed by atoms with Crippen molar-refractivity contribution in [2.45, 2.75) is 44.1 Å². The van der Waals surface area contributed by atoms with Crippen LogP contribution in [-0.2, 0) is 10.2 Å². The average Bonchev–Trinajstić information content (AvgIpc) is 3.36. The lowest BCUT2D eigenvalue weighted by Gasteiger charge is -2.29. The van der Waals surface area contributed by atoms with Gasteiger partial charge in [0.2, 0.25) is 17.6 Å². The van der Waals surface area contributed by atoms with Crippen molar-refractivity contribution in [3.8, 4) is 11.4 Å². The van der Waals surface area contributed by atoms with Crippen LogP contribution in [0, 0.1) is 5.92 Å². The molecule has 4 rings (SSSR count). The lowest BCUT2D eigenvalue weighted by Crippen LogP contribution is -2.46. The van der Waals surface area contributed by atoms with Crippen LogP contribution < -0.4 is 0 Å². The molecule has 1 saturated carbocycles. The molecule has 1 aliphatic carbocycles. The number of rotatable bonds is 5. The van der Waals surface area contributed by atoms with Crippen LogP contribution in [0.3, 0.4) is 0 Å². The molecule has 3 heterocycles. The zero-order chi connectivity index (χ0) is 19.0. The fourth-order valence-corrected chi connectivity index (χ4v) is 4.82. The molecule has 3 atom stereocenters. The molecule has 1 saturated heterocycles. The quantitative estimate of drug-likeness (QED) is 0.805. The molecule has 0 spiro atoms. The summed E-state index contributed by atoms with van der Waals surface area (Å²) < 4.78 is 5.73. The van der Waals surface area contributed by atoms with Crippen molar-refractivity contribution in [2.24, 2.45) is 5.92 Å². The summed E-state index contributed by atoms with van der Waals surface area (Å²) in [5, 5.41) is 4.20. The standard InChI is InChI=1S/C20H27N5O2/c1-4-16(24(2)3)18(26)25-12-15-8-5-9-20(15,13-25)19-22-17(23-27-19)14-7-6-10-21-11-14/h6-7,10-11,15-16H,4-5,8-9,12-13H2,1-3H3/t15-,16+,20-/m1/s1. The van der Waals surface area contributed by atoms with E-state index in [2.05, 4.69) is 17.1 Å². The second-order valence-electron chi connectivity index (χ2n) is 8.02. The Hall–Kier alpha value is -2.28. The molecule has 7 heteroatoms. The van der Waals surface area contributed by atoms with Gasteiger partial charge in [0.05, 0.1) is 11.5 Å². The van der Waals surface area contributed by atoms with Crippen LogP contribution in [0.15, 0.2) is 29.0 Å². The second-order valence-corrected chi connectivity index (χ2v) is 8.02. The maximum absolute atomic E-state index is 13.1. The number of hydrogen-bond acceptors (Lipinski definition) is 6. The second kappa shape index (κ2) is 7.03. The van der Waals surface area contributed by atoms with Crippen molar-refractivity contribution in [3.63, 3.8) is 0 Å². The number of nitrogens with zero attached hydrogens (tertiary/aromatic N) is 5. The zero-order valence-electron chi connectivity index (χ0n) is 16.3. The highest BCUT2D eigenvalue weighted by Crippen LogP contribution is 2.50. The molecule has 2 aliphatic rings. The normalized spacial score (nSPS) is 25.8. The van der Waals surface area contributed by atoms with E-state index < -0.39 is 0 Å². The first-order valence-corrected chi connectivity index (χ1v) is 9.75. The molecule has 0 unspecified atom stereocenters. The Morgan fingerprint density at radius 3 is 3.04 bits per heavy atom. The van der Waals surface area contributed by atoms with E-state index in [1.54, 1.807) is 12.4 Å². The predicted octanol–water partition coefficient (Wildman–Crippen LogP) is 2.35. The first-order chi connectivity index (χ1) is 13.0. The van der Waals surface area contributed by atoms with Gasteiger partial charge in [0, 0.05) is 31.0 Å². The van der Waals surface area contributed by atoms with Crippen LogP contribution in [0.5, 0.6) is 0 Å². The van der Waals surface area contributed by atoms with Gasteiger partial charge in [-0.25, -0.2) is 0 Å². The first-order valence-electron chi connectivity index (χ1n) is 9.75. The third kappa shape index (κ3) is 3.04. The molecule has 7 nitrogen and oxygen atoms in total. The van der Waals surface area contributed by atoms with Crippen LogP contribution in [0.25, 0.3) is 11.4 Å². The summed E-state index contributed by atoms with van der Waals surface area (Å²) in [5.41, 5.74) is 0.649. The van der Waals surface area contributed by atoms with E-state index in [4.69, 9.17) is 9.51 Å². The molecule has 2 fully saturated rings. The van der Waals surface area contributed by atoms with E-state index in [0.29, 0.717) is 24.2 Å². The van der Waals surface area contributed by atoms with Gasteiger partial charge in [-0.1, -0.05) is 18.5 Å². The van der Waals surface area contributed by atoms with Gasteiger partial charge in [-0.2, -0.15) is 4.98 Å². The molecular formula is C20H27N5O2. The Labute approximate surface area is 159 Å². The van der Waals surface area contributed by atoms with E-state index >= 15 is 0 Å². The van der Waals surface area contributed by atoms with Crippen LogP contribution in [0.2, 0.25) is 0 Å². The summed E-state index contributed by atoms with van der Waals surface area (Å²) in [6.45, 7) is 3.52. The number of pyridine rings is 1. The summed E-state index contributed by atoms with van der Waals surface area (Å²) in [6, 6.07) is 3.72. The Bertz CT molecular complexity index is 806. The van der Waals surface area contributed by atoms with Crippen LogP contribution in [0.1, 0.15) is 38.5 Å². The molecule has 2 aromatic rings. The van der Waals surface area contributed by atoms with E-state index in [1.807, 2.05) is 36.0 Å². The smallest absolute Gasteiger partial charge is 0.239 e. The highest BCUT2D eigenvalue weighted by Gasteiger charge is 2.55. The number of hydrogen-bond donors (Lipinski definition) is 0. The number of aromatic nitrogens is 3. The lowest BCUT2D eigenvalue weighted by molar-refractivity contribution is -0.135. The number of likely N-dealkylation sites (tertiary alicyclic amines) is 1. The van der Waals surface area contributed by atoms with Gasteiger partial charge in [-0.3, -0.25) is 14.7 Å². The van der Waals surface area contributed by atoms with E-state index in [0.717, 1.165) is 37.8 Å². The monoisotopic (exact) mass is 369 g/mol. The summed E-state index contributed by atoms with van der Waals surface area (Å²) in [7, 11) is 3.94. The van der Waals surface area contributed by atoms with Gasteiger partial charge in [0.1, 0.15) is 0 Å². The van der Waals surface area contributed by atoms with Gasteiger partial charge < -0.3 is 9.42 Å². The molecule has 2 aromatic heterocycles. The molecule has 0 radical (unpaired) electrons. The maximum Gasteiger partial charge on any atom is 0.239 e. The fraction of sp³-hybridized carbons (Fsp3) is 0.600. The number of amides is 1. The van der Waals surface area contributed by atoms with Crippen LogP contribution in [0.4, 0.5) is 0 Å². The zero-order valence-corrected chi connectivity index (χ0v) is 16.3. The number of carbonyl (C=O) groups excluding carboxylic acids is 1. The highest BCUT2D eigenvalue weighted by molar-refractivity contribution is 5.82. The van der Waals surface area contributed by atoms with E-state index in [-0.39, 0.29) is 17.4 Å². The van der Waals surface area contributed by atoms with Crippen molar-refractivity contribution in [1.82, 2.24) is 24.9 Å². The van der Waals surface area contributed by atoms with Crippen molar-refractivity contribution < 1.29 is 9.32 Å². The minimum Gasteiger partial charge on any atom is -0.340 e. The number of likely N-dealkylation sites (N-methyl/N-ethyl adjacent to an activating group) is 1. The van der Waals surface area contributed by atoms with Crippen molar-refractivity contribution in [3.05, 3.63) is 30.4 Å². The topological polar surface area (TPSA) is 75.4 Å². The number of carbonyl (C=O) groups is 1. The van der Waals surface area contributed by atoms with E-state index in [9.17, 15) is 4.79 Å². The van der Waals surface area contributed by atoms with Crippen LogP contribution >= 0.6 is 0 Å². The maximum atomic E-state index is 13.1. The molecule has 1 aliphatic heterocycles. The molecule has 0 aromatic carbocycles. The molecule has 27 heavy (non-hydrogen) atoms. The summed E-state index contributed by atoms with van der Waals surface area (Å²) in [4.78, 5) is 25.9. The lowest BCUT2D eigenvalue weighted by atomic mass is 9.80. The van der Waals surface area contributed by atoms with Crippen molar-refractivity contribution in [2.75, 3.05) is 27.2 Å². The van der Waals surface area contributed by atoms with Crippen LogP contribution in [-0.4, -0.2) is 64.1 Å². The van der Waals surface area contributed by atoms with Crippen molar-refractivity contribution >= 4 is 5.91 Å². The third-order valence-electron chi connectivity index (χ3n) is 6.25. The summed E-state index contributed by atoms with van der Waals surface area (Å²) in [5.74, 6) is 1.85. The largest absolute Gasteiger partial charge is 0.340 e. The molecule has 0 bridgehead atoms. The van der Waals surface area contributed by atoms with E-state index in [1.165, 1.54) is 0 Å². The average molecular weight is 369 g/mol. The fourth-order valence-electron chi connectivity index (χ4n) is 4.82. The molecule has 0 N–H and O–H groups in total. The third-order valence-corrected chi connectivity index (χ3v) is 6.25. The van der Waals surface area contributed by atoms with Gasteiger partial charge in [-0.15, -0.1) is 0 Å². The Balaban J connectivity index is 1.60. The summed E-state index contributed by atoms with van der Waals surface area (Å²) in [6.07, 6.45) is 7.52. The minimum absolute atomic E-state index is 0.0745. The first kappa shape index (κ1) is 18.1. The molecule has 144 valence electrons. The minimum atomic E-state index is -0.201. The van der Waals surface area contributed by atoms with Gasteiger partial charge >= 0.3 is 0 Å². The van der Waals surface area contributed by atoms with Gasteiger partial charge in [0.25, 0.3) is 0 Å². The Morgan fingerprint density at radius 2 is 2.33 bits per heavy atom. The predicted molar refractivity (Wildman–Crippen MR) is 101 cm³/mol. The van der Waals surface area contributed by atoms with Gasteiger partial charge in [0.15, 0.2) is 0 Å². The SMILES string of the molecule is CC[C@@H](C(=O)N1C[C@H]2CCC[C@@]2(c2nc(-c3cccnc3)no2)C1)N(C)C. The molecular weight excluding hydrogens is 342 g/mol. The Kier molecular flexibility index (Phi) is 4.72. The Morgan fingerprint density at radius 1 is 1.48 bits per heavy atom. The van der Waals surface area contributed by atoms with Gasteiger partial charge in [-0.05, 0) is 51.4 Å². The molecule has 1 amide bonds. The van der Waals surface area contributed by atoms with Crippen molar-refractivity contribution in [1.29, 1.82) is 0 Å². The summed E-state index contributed by atoms with van der Waals surface area (Å²) >= 11 is 0.